The number of benzene rings is 1. The number of halogens is 1. The molecular formula is C18H22FNO2. The predicted molar refractivity (Wildman–Crippen MR) is 84.4 cm³/mol. The van der Waals surface area contributed by atoms with E-state index in [1.807, 2.05) is 10.6 Å². The minimum Gasteiger partial charge on any atom is -0.464 e. The number of methoxy groups -OCH3 is 1. The Morgan fingerprint density at radius 3 is 2.45 bits per heavy atom. The first-order valence-electron chi connectivity index (χ1n) is 7.52. The molecule has 118 valence electrons. The van der Waals surface area contributed by atoms with Crippen LogP contribution < -0.4 is 0 Å². The van der Waals surface area contributed by atoms with Crippen molar-refractivity contribution >= 4 is 5.97 Å². The zero-order valence-electron chi connectivity index (χ0n) is 13.3. The van der Waals surface area contributed by atoms with Crippen molar-refractivity contribution in [3.05, 3.63) is 59.2 Å². The van der Waals surface area contributed by atoms with E-state index in [2.05, 4.69) is 13.8 Å². The Balaban J connectivity index is 2.29. The molecule has 1 aromatic carbocycles. The number of carbonyl (C=O) groups is 1. The number of carbonyl (C=O) groups excluding carboxylic acids is 1. The first-order valence-corrected chi connectivity index (χ1v) is 7.52. The van der Waals surface area contributed by atoms with E-state index in [4.69, 9.17) is 4.74 Å². The summed E-state index contributed by atoms with van der Waals surface area (Å²) >= 11 is 0. The average molecular weight is 303 g/mol. The van der Waals surface area contributed by atoms with Crippen LogP contribution in [-0.4, -0.2) is 17.6 Å². The Labute approximate surface area is 130 Å². The third-order valence-electron chi connectivity index (χ3n) is 3.70. The lowest BCUT2D eigenvalue weighted by Gasteiger charge is -2.13. The molecule has 0 spiro atoms. The number of esters is 1. The summed E-state index contributed by atoms with van der Waals surface area (Å²) in [6.07, 6.45) is 1.95. The molecule has 0 radical (unpaired) electrons. The second-order valence-electron chi connectivity index (χ2n) is 5.85. The van der Waals surface area contributed by atoms with E-state index in [1.165, 1.54) is 19.2 Å². The van der Waals surface area contributed by atoms with Gasteiger partial charge in [0.2, 0.25) is 0 Å². The minimum absolute atomic E-state index is 0.260. The number of aryl methyl sites for hydroxylation is 1. The number of nitrogens with zero attached hydrogens (tertiary/aromatic N) is 1. The molecule has 0 aliphatic carbocycles. The first kappa shape index (κ1) is 16.3. The van der Waals surface area contributed by atoms with Crippen LogP contribution in [0.25, 0.3) is 0 Å². The highest BCUT2D eigenvalue weighted by Gasteiger charge is 2.16. The molecule has 2 aromatic rings. The van der Waals surface area contributed by atoms with Crippen LogP contribution in [0, 0.1) is 11.7 Å². The van der Waals surface area contributed by atoms with Crippen LogP contribution in [0.1, 0.15) is 42.0 Å². The summed E-state index contributed by atoms with van der Waals surface area (Å²) in [5.41, 5.74) is 2.58. The van der Waals surface area contributed by atoms with Crippen LogP contribution in [0.15, 0.2) is 36.4 Å². The maximum Gasteiger partial charge on any atom is 0.354 e. The lowest BCUT2D eigenvalue weighted by Crippen LogP contribution is -2.14. The molecule has 0 unspecified atom stereocenters. The fraction of sp³-hybridized carbons (Fsp3) is 0.389. The molecule has 4 heteroatoms. The molecule has 3 nitrogen and oxygen atoms in total. The highest BCUT2D eigenvalue weighted by Crippen LogP contribution is 2.17. The molecule has 0 amide bonds. The zero-order valence-corrected chi connectivity index (χ0v) is 13.3. The van der Waals surface area contributed by atoms with Gasteiger partial charge in [0.05, 0.1) is 7.11 Å². The Hall–Kier alpha value is -2.10. The van der Waals surface area contributed by atoms with E-state index in [9.17, 15) is 9.18 Å². The van der Waals surface area contributed by atoms with Gasteiger partial charge in [-0.15, -0.1) is 0 Å². The highest BCUT2D eigenvalue weighted by molar-refractivity contribution is 5.87. The van der Waals surface area contributed by atoms with E-state index < -0.39 is 0 Å². The van der Waals surface area contributed by atoms with Gasteiger partial charge in [0.15, 0.2) is 0 Å². The number of hydrogen-bond donors (Lipinski definition) is 0. The molecule has 0 aliphatic heterocycles. The van der Waals surface area contributed by atoms with Crippen molar-refractivity contribution in [1.29, 1.82) is 0 Å². The van der Waals surface area contributed by atoms with E-state index in [1.54, 1.807) is 18.2 Å². The SMILES string of the molecule is COC(=O)c1ccc(CCC(C)C)n1Cc1ccc(F)cc1. The fourth-order valence-electron chi connectivity index (χ4n) is 2.41. The van der Waals surface area contributed by atoms with Crippen LogP contribution in [-0.2, 0) is 17.7 Å². The van der Waals surface area contributed by atoms with Gasteiger partial charge in [-0.3, -0.25) is 0 Å². The Morgan fingerprint density at radius 2 is 1.86 bits per heavy atom. The summed E-state index contributed by atoms with van der Waals surface area (Å²) in [5.74, 6) is -0.0156. The van der Waals surface area contributed by atoms with Gasteiger partial charge in [0.1, 0.15) is 11.5 Å². The Bertz CT molecular complexity index is 629. The number of rotatable bonds is 6. The van der Waals surface area contributed by atoms with Crippen LogP contribution in [0.2, 0.25) is 0 Å². The second kappa shape index (κ2) is 7.25. The van der Waals surface area contributed by atoms with Crippen molar-refractivity contribution in [2.75, 3.05) is 7.11 Å². The van der Waals surface area contributed by atoms with E-state index in [0.717, 1.165) is 24.1 Å². The van der Waals surface area contributed by atoms with Crippen LogP contribution in [0.5, 0.6) is 0 Å². The van der Waals surface area contributed by atoms with Crippen LogP contribution >= 0.6 is 0 Å². The maximum absolute atomic E-state index is 13.0. The third-order valence-corrected chi connectivity index (χ3v) is 3.70. The maximum atomic E-state index is 13.0. The summed E-state index contributed by atoms with van der Waals surface area (Å²) in [7, 11) is 1.38. The number of aromatic nitrogens is 1. The van der Waals surface area contributed by atoms with Crippen molar-refractivity contribution in [1.82, 2.24) is 4.57 Å². The van der Waals surface area contributed by atoms with Crippen LogP contribution in [0.4, 0.5) is 4.39 Å². The molecule has 0 bridgehead atoms. The van der Waals surface area contributed by atoms with Gasteiger partial charge in [-0.1, -0.05) is 26.0 Å². The quantitative estimate of drug-likeness (QED) is 0.754. The Kier molecular flexibility index (Phi) is 5.36. The fourth-order valence-corrected chi connectivity index (χ4v) is 2.41. The summed E-state index contributed by atoms with van der Waals surface area (Å²) in [6, 6.07) is 10.1. The van der Waals surface area contributed by atoms with Gasteiger partial charge >= 0.3 is 5.97 Å². The molecule has 2 rings (SSSR count). The van der Waals surface area contributed by atoms with Crippen molar-refractivity contribution < 1.29 is 13.9 Å². The van der Waals surface area contributed by atoms with Gasteiger partial charge in [-0.25, -0.2) is 9.18 Å². The molecule has 0 N–H and O–H groups in total. The topological polar surface area (TPSA) is 31.2 Å². The first-order chi connectivity index (χ1) is 10.5. The van der Waals surface area contributed by atoms with Gasteiger partial charge in [-0.05, 0) is 48.6 Å². The average Bonchev–Trinajstić information content (AvgIpc) is 2.89. The second-order valence-corrected chi connectivity index (χ2v) is 5.85. The normalized spacial score (nSPS) is 11.0. The lowest BCUT2D eigenvalue weighted by molar-refractivity contribution is 0.0588. The molecule has 0 aliphatic rings. The smallest absolute Gasteiger partial charge is 0.354 e. The molecule has 0 atom stereocenters. The lowest BCUT2D eigenvalue weighted by atomic mass is 10.1. The van der Waals surface area contributed by atoms with E-state index >= 15 is 0 Å². The molecule has 1 heterocycles. The van der Waals surface area contributed by atoms with Crippen molar-refractivity contribution in [3.63, 3.8) is 0 Å². The van der Waals surface area contributed by atoms with Crippen molar-refractivity contribution in [2.45, 2.75) is 33.2 Å². The standard InChI is InChI=1S/C18H22FNO2/c1-13(2)4-9-16-10-11-17(18(21)22-3)20(16)12-14-5-7-15(19)8-6-14/h5-8,10-11,13H,4,9,12H2,1-3H3. The van der Waals surface area contributed by atoms with Gasteiger partial charge < -0.3 is 9.30 Å². The van der Waals surface area contributed by atoms with Crippen LogP contribution in [0.3, 0.4) is 0 Å². The number of hydrogen-bond acceptors (Lipinski definition) is 2. The van der Waals surface area contributed by atoms with Gasteiger partial charge in [0.25, 0.3) is 0 Å². The molecule has 1 aromatic heterocycles. The zero-order chi connectivity index (χ0) is 16.1. The summed E-state index contributed by atoms with van der Waals surface area (Å²) in [5, 5.41) is 0. The summed E-state index contributed by atoms with van der Waals surface area (Å²) in [4.78, 5) is 11.9. The largest absolute Gasteiger partial charge is 0.464 e. The van der Waals surface area contributed by atoms with Gasteiger partial charge in [-0.2, -0.15) is 0 Å². The van der Waals surface area contributed by atoms with Crippen molar-refractivity contribution in [2.24, 2.45) is 5.92 Å². The summed E-state index contributed by atoms with van der Waals surface area (Å²) in [6.45, 7) is 4.88. The molecule has 0 fully saturated rings. The van der Waals surface area contributed by atoms with Gasteiger partial charge in [0, 0.05) is 12.2 Å². The Morgan fingerprint density at radius 1 is 1.18 bits per heavy atom. The highest BCUT2D eigenvalue weighted by atomic mass is 19.1. The van der Waals surface area contributed by atoms with Crippen molar-refractivity contribution in [3.8, 4) is 0 Å². The minimum atomic E-state index is -0.349. The molecule has 0 saturated heterocycles. The van der Waals surface area contributed by atoms with E-state index in [-0.39, 0.29) is 11.8 Å². The molecular weight excluding hydrogens is 281 g/mol. The third kappa shape index (κ3) is 3.97. The summed E-state index contributed by atoms with van der Waals surface area (Å²) < 4.78 is 19.8. The monoisotopic (exact) mass is 303 g/mol. The molecule has 22 heavy (non-hydrogen) atoms. The van der Waals surface area contributed by atoms with E-state index in [0.29, 0.717) is 18.2 Å². The predicted octanol–water partition coefficient (Wildman–Crippen LogP) is 4.05. The number of ether oxygens (including phenoxy) is 1. The molecule has 0 saturated carbocycles.